The van der Waals surface area contributed by atoms with Gasteiger partial charge in [0.2, 0.25) is 0 Å². The Balaban J connectivity index is 2.01. The van der Waals surface area contributed by atoms with Gasteiger partial charge in [0.25, 0.3) is 0 Å². The average molecular weight is 366 g/mol. The van der Waals surface area contributed by atoms with Gasteiger partial charge in [0.15, 0.2) is 0 Å². The van der Waals surface area contributed by atoms with Crippen LogP contribution < -0.4 is 0 Å². The molecule has 1 atom stereocenters. The van der Waals surface area contributed by atoms with Gasteiger partial charge in [0.1, 0.15) is 27.6 Å². The lowest BCUT2D eigenvalue weighted by molar-refractivity contribution is 0.115. The lowest BCUT2D eigenvalue weighted by atomic mass is 9.74. The quantitative estimate of drug-likeness (QED) is 0.774. The van der Waals surface area contributed by atoms with Gasteiger partial charge in [-0.2, -0.15) is 0 Å². The predicted octanol–water partition coefficient (Wildman–Crippen LogP) is 3.39. The minimum absolute atomic E-state index is 0.340. The average Bonchev–Trinajstić information content (AvgIpc) is 2.80. The molecule has 7 heteroatoms. The van der Waals surface area contributed by atoms with Gasteiger partial charge in [0.05, 0.1) is 0 Å². The number of benzene rings is 1. The van der Waals surface area contributed by atoms with E-state index in [9.17, 15) is 18.8 Å². The number of carboxylic acid groups (broad SMARTS) is 1. The smallest absolute Gasteiger partial charge is 0.407 e. The number of piperidine rings is 1. The molecule has 2 aliphatic rings. The zero-order valence-electron chi connectivity index (χ0n) is 14.7. The topological polar surface area (TPSA) is 76.0 Å². The maximum Gasteiger partial charge on any atom is 0.407 e. The minimum atomic E-state index is -1.45. The summed E-state index contributed by atoms with van der Waals surface area (Å²) < 4.78 is 30.5. The van der Waals surface area contributed by atoms with E-state index in [2.05, 4.69) is 4.40 Å². The van der Waals surface area contributed by atoms with Crippen LogP contribution in [0.1, 0.15) is 44.7 Å². The zero-order valence-corrected chi connectivity index (χ0v) is 15.5. The van der Waals surface area contributed by atoms with Gasteiger partial charge in [-0.1, -0.05) is 10.5 Å². The van der Waals surface area contributed by atoms with Crippen LogP contribution in [-0.4, -0.2) is 44.2 Å². The van der Waals surface area contributed by atoms with Crippen LogP contribution in [0.3, 0.4) is 0 Å². The molecule has 1 fully saturated rings. The predicted molar refractivity (Wildman–Crippen MR) is 95.8 cm³/mol. The zero-order chi connectivity index (χ0) is 18.4. The van der Waals surface area contributed by atoms with Crippen LogP contribution in [0.25, 0.3) is 0 Å². The number of halogens is 1. The maximum atomic E-state index is 13.8. The highest BCUT2D eigenvalue weighted by Gasteiger charge is 2.48. The second-order valence-electron chi connectivity index (χ2n) is 7.83. The van der Waals surface area contributed by atoms with Gasteiger partial charge in [0, 0.05) is 24.1 Å². The first-order valence-corrected chi connectivity index (χ1v) is 9.51. The Morgan fingerprint density at radius 3 is 2.56 bits per heavy atom. The summed E-state index contributed by atoms with van der Waals surface area (Å²) >= 11 is -1.45. The molecule has 0 bridgehead atoms. The van der Waals surface area contributed by atoms with Crippen molar-refractivity contribution in [2.75, 3.05) is 13.1 Å². The van der Waals surface area contributed by atoms with Crippen molar-refractivity contribution in [3.63, 3.8) is 0 Å². The van der Waals surface area contributed by atoms with Crippen LogP contribution in [0, 0.1) is 11.2 Å². The summed E-state index contributed by atoms with van der Waals surface area (Å²) in [6, 6.07) is 4.66. The van der Waals surface area contributed by atoms with Crippen molar-refractivity contribution in [2.24, 2.45) is 9.81 Å². The Morgan fingerprint density at radius 2 is 2.00 bits per heavy atom. The van der Waals surface area contributed by atoms with E-state index in [-0.39, 0.29) is 11.2 Å². The summed E-state index contributed by atoms with van der Waals surface area (Å²) in [4.78, 5) is 12.6. The maximum absolute atomic E-state index is 13.8. The molecule has 136 valence electrons. The van der Waals surface area contributed by atoms with Crippen LogP contribution in [0.2, 0.25) is 0 Å². The van der Waals surface area contributed by atoms with Crippen LogP contribution in [0.5, 0.6) is 0 Å². The van der Waals surface area contributed by atoms with Crippen molar-refractivity contribution < 1.29 is 18.8 Å². The number of fused-ring (bicyclic) bond motifs is 1. The fraction of sp³-hybridized carbons (Fsp3) is 0.556. The summed E-state index contributed by atoms with van der Waals surface area (Å²) in [5.41, 5.74) is 2.04. The summed E-state index contributed by atoms with van der Waals surface area (Å²) in [7, 11) is 0. The molecule has 1 aromatic carbocycles. The van der Waals surface area contributed by atoms with Crippen LogP contribution in [-0.2, 0) is 17.8 Å². The van der Waals surface area contributed by atoms with Crippen LogP contribution >= 0.6 is 0 Å². The Morgan fingerprint density at radius 1 is 1.36 bits per heavy atom. The van der Waals surface area contributed by atoms with E-state index in [1.807, 2.05) is 20.8 Å². The van der Waals surface area contributed by atoms with E-state index in [1.54, 1.807) is 6.07 Å². The Bertz CT molecular complexity index is 722. The third kappa shape index (κ3) is 3.40. The molecule has 1 N–H and O–H groups in total. The summed E-state index contributed by atoms with van der Waals surface area (Å²) in [6.07, 6.45) is 0.982. The number of hydrogen-bond donors (Lipinski definition) is 1. The van der Waals surface area contributed by atoms with Gasteiger partial charge < -0.3 is 14.6 Å². The molecule has 1 aliphatic heterocycles. The molecular weight excluding hydrogens is 343 g/mol. The van der Waals surface area contributed by atoms with Gasteiger partial charge in [-0.25, -0.2) is 9.18 Å². The fourth-order valence-corrected chi connectivity index (χ4v) is 4.29. The molecule has 25 heavy (non-hydrogen) atoms. The Hall–Kier alpha value is -1.60. The van der Waals surface area contributed by atoms with Crippen molar-refractivity contribution in [3.8, 4) is 0 Å². The normalized spacial score (nSPS) is 22.3. The number of nitrogens with zero attached hydrogens (tertiary/aromatic N) is 2. The number of hydrogen-bond acceptors (Lipinski definition) is 3. The molecule has 0 radical (unpaired) electrons. The first kappa shape index (κ1) is 18.2. The van der Waals surface area contributed by atoms with E-state index in [0.717, 1.165) is 11.1 Å². The van der Waals surface area contributed by atoms with Crippen molar-refractivity contribution in [1.82, 2.24) is 4.90 Å². The first-order valence-electron chi connectivity index (χ1n) is 8.40. The molecule has 0 aromatic heterocycles. The van der Waals surface area contributed by atoms with Crippen LogP contribution in [0.4, 0.5) is 9.18 Å². The molecule has 1 amide bonds. The number of carbonyl (C=O) groups is 1. The SMILES string of the molecule is CC(C)(C)[S@@+]([O-])/N=C1\c2cc(F)ccc2CC12CCN(C(=O)O)CC2. The number of amides is 1. The molecule has 1 aromatic rings. The van der Waals surface area contributed by atoms with Crippen LogP contribution in [0.15, 0.2) is 22.6 Å². The third-order valence-electron chi connectivity index (χ3n) is 5.05. The van der Waals surface area contributed by atoms with Crippen molar-refractivity contribution >= 4 is 23.2 Å². The van der Waals surface area contributed by atoms with Crippen molar-refractivity contribution in [1.29, 1.82) is 0 Å². The lowest BCUT2D eigenvalue weighted by Crippen LogP contribution is -2.45. The van der Waals surface area contributed by atoms with E-state index in [0.29, 0.717) is 38.1 Å². The molecule has 5 nitrogen and oxygen atoms in total. The van der Waals surface area contributed by atoms with E-state index >= 15 is 0 Å². The standard InChI is InChI=1S/C18H23FN2O3S/c1-17(2,3)25(24)20-15-14-10-13(19)5-4-12(14)11-18(15)6-8-21(9-7-18)16(22)23/h4-5,10H,6-9,11H2,1-3H3,(H,22,23)/b20-15+/t25-/m1/s1. The molecular formula is C18H23FN2O3S. The summed E-state index contributed by atoms with van der Waals surface area (Å²) in [6.45, 7) is 6.39. The second kappa shape index (κ2) is 6.29. The molecule has 1 heterocycles. The van der Waals surface area contributed by atoms with Crippen molar-refractivity contribution in [2.45, 2.75) is 44.8 Å². The highest BCUT2D eigenvalue weighted by Crippen LogP contribution is 2.46. The lowest BCUT2D eigenvalue weighted by Gasteiger charge is -2.38. The number of likely N-dealkylation sites (tertiary alicyclic amines) is 1. The fourth-order valence-electron chi connectivity index (χ4n) is 3.56. The third-order valence-corrected chi connectivity index (χ3v) is 6.44. The molecule has 0 unspecified atom stereocenters. The molecule has 1 aliphatic carbocycles. The van der Waals surface area contributed by atoms with Gasteiger partial charge in [-0.15, -0.1) is 0 Å². The highest BCUT2D eigenvalue weighted by atomic mass is 32.2. The first-order chi connectivity index (χ1) is 11.6. The molecule has 1 saturated heterocycles. The second-order valence-corrected chi connectivity index (χ2v) is 9.74. The van der Waals surface area contributed by atoms with Gasteiger partial charge in [-0.05, 0) is 57.7 Å². The Labute approximate surface area is 150 Å². The Kier molecular flexibility index (Phi) is 4.58. The summed E-state index contributed by atoms with van der Waals surface area (Å²) in [5.74, 6) is -0.340. The van der Waals surface area contributed by atoms with Crippen molar-refractivity contribution in [3.05, 3.63) is 35.1 Å². The molecule has 1 spiro atoms. The van der Waals surface area contributed by atoms with Gasteiger partial charge in [-0.3, -0.25) is 0 Å². The van der Waals surface area contributed by atoms with E-state index < -0.39 is 22.2 Å². The summed E-state index contributed by atoms with van der Waals surface area (Å²) in [5, 5.41) is 9.19. The van der Waals surface area contributed by atoms with E-state index in [1.165, 1.54) is 17.0 Å². The monoisotopic (exact) mass is 366 g/mol. The largest absolute Gasteiger partial charge is 0.591 e. The molecule has 3 rings (SSSR count). The van der Waals surface area contributed by atoms with Gasteiger partial charge >= 0.3 is 6.09 Å². The number of rotatable bonds is 1. The minimum Gasteiger partial charge on any atom is -0.591 e. The highest BCUT2D eigenvalue weighted by molar-refractivity contribution is 7.91. The van der Waals surface area contributed by atoms with E-state index in [4.69, 9.17) is 0 Å². The molecule has 0 saturated carbocycles.